The summed E-state index contributed by atoms with van der Waals surface area (Å²) in [5, 5.41) is 19.6. The van der Waals surface area contributed by atoms with Gasteiger partial charge in [-0.25, -0.2) is 0 Å². The molecule has 0 radical (unpaired) electrons. The Bertz CT molecular complexity index is 587. The van der Waals surface area contributed by atoms with E-state index in [2.05, 4.69) is 0 Å². The van der Waals surface area contributed by atoms with Crippen LogP contribution in [0.15, 0.2) is 0 Å². The van der Waals surface area contributed by atoms with Crippen LogP contribution in [0.1, 0.15) is 91.9 Å². The van der Waals surface area contributed by atoms with E-state index in [9.17, 15) is 32.8 Å². The van der Waals surface area contributed by atoms with Gasteiger partial charge in [0.2, 0.25) is 4.75 Å². The average Bonchev–Trinajstić information content (AvgIpc) is 2.56. The third kappa shape index (κ3) is 7.70. The van der Waals surface area contributed by atoms with Gasteiger partial charge in [-0.1, -0.05) is 79.1 Å². The first-order valence-corrected chi connectivity index (χ1v) is 11.8. The van der Waals surface area contributed by atoms with Crippen molar-refractivity contribution in [2.24, 2.45) is 17.8 Å². The molecule has 0 aromatic carbocycles. The molecule has 0 fully saturated rings. The Morgan fingerprint density at radius 1 is 0.893 bits per heavy atom. The molecule has 0 aliphatic carbocycles. The highest BCUT2D eigenvalue weighted by Crippen LogP contribution is 2.39. The molecule has 0 heterocycles. The van der Waals surface area contributed by atoms with E-state index in [4.69, 9.17) is 0 Å². The topological polar surface area (TPSA) is 129 Å². The fourth-order valence-electron chi connectivity index (χ4n) is 3.89. The van der Waals surface area contributed by atoms with Crippen molar-refractivity contribution in [1.29, 1.82) is 0 Å². The summed E-state index contributed by atoms with van der Waals surface area (Å²) in [5.74, 6) is -5.50. The van der Waals surface area contributed by atoms with Gasteiger partial charge >= 0.3 is 11.9 Å². The van der Waals surface area contributed by atoms with Gasteiger partial charge in [0.15, 0.2) is 0 Å². The molecule has 0 amide bonds. The SMILES string of the molecule is CCCCCC(C)CC(C(=O)O)C(CC(C)CCCCC)(C(=O)O)S(=O)(=O)O. The Balaban J connectivity index is 5.81. The molecule has 0 saturated carbocycles. The van der Waals surface area contributed by atoms with Crippen molar-refractivity contribution in [3.63, 3.8) is 0 Å². The van der Waals surface area contributed by atoms with Gasteiger partial charge in [0.25, 0.3) is 10.1 Å². The van der Waals surface area contributed by atoms with E-state index in [1.165, 1.54) is 0 Å². The van der Waals surface area contributed by atoms with Gasteiger partial charge in [0.1, 0.15) is 0 Å². The maximum atomic E-state index is 12.3. The first-order chi connectivity index (χ1) is 12.9. The Morgan fingerprint density at radius 2 is 1.36 bits per heavy atom. The second-order valence-corrected chi connectivity index (χ2v) is 9.88. The summed E-state index contributed by atoms with van der Waals surface area (Å²) in [6.45, 7) is 7.57. The van der Waals surface area contributed by atoms with Gasteiger partial charge in [0.05, 0.1) is 5.92 Å². The summed E-state index contributed by atoms with van der Waals surface area (Å²) < 4.78 is 31.7. The Hall–Kier alpha value is -1.15. The second kappa shape index (κ2) is 12.4. The Labute approximate surface area is 169 Å². The highest BCUT2D eigenvalue weighted by atomic mass is 32.2. The van der Waals surface area contributed by atoms with E-state index in [1.807, 2.05) is 13.8 Å². The maximum Gasteiger partial charge on any atom is 0.328 e. The van der Waals surface area contributed by atoms with Crippen LogP contribution in [0, 0.1) is 17.8 Å². The number of carbonyl (C=O) groups is 2. The van der Waals surface area contributed by atoms with Crippen molar-refractivity contribution in [3.8, 4) is 0 Å². The van der Waals surface area contributed by atoms with E-state index in [0.29, 0.717) is 12.8 Å². The van der Waals surface area contributed by atoms with E-state index in [1.54, 1.807) is 13.8 Å². The van der Waals surface area contributed by atoms with Gasteiger partial charge < -0.3 is 10.2 Å². The van der Waals surface area contributed by atoms with Crippen LogP contribution in [0.3, 0.4) is 0 Å². The lowest BCUT2D eigenvalue weighted by Gasteiger charge is -2.35. The molecule has 28 heavy (non-hydrogen) atoms. The molecule has 8 heteroatoms. The minimum atomic E-state index is -5.15. The predicted molar refractivity (Wildman–Crippen MR) is 109 cm³/mol. The summed E-state index contributed by atoms with van der Waals surface area (Å²) in [7, 11) is -5.15. The van der Waals surface area contributed by atoms with Crippen LogP contribution in [0.2, 0.25) is 0 Å². The summed E-state index contributed by atoms with van der Waals surface area (Å²) in [4.78, 5) is 24.1. The molecule has 0 bridgehead atoms. The lowest BCUT2D eigenvalue weighted by molar-refractivity contribution is -0.153. The van der Waals surface area contributed by atoms with Crippen LogP contribution in [-0.4, -0.2) is 39.9 Å². The summed E-state index contributed by atoms with van der Waals surface area (Å²) in [6.07, 6.45) is 6.26. The quantitative estimate of drug-likeness (QED) is 0.245. The monoisotopic (exact) mass is 422 g/mol. The Kier molecular flexibility index (Phi) is 11.9. The van der Waals surface area contributed by atoms with E-state index < -0.39 is 39.1 Å². The molecule has 0 rings (SSSR count). The fraction of sp³-hybridized carbons (Fsp3) is 0.900. The number of unbranched alkanes of at least 4 members (excludes halogenated alkanes) is 4. The molecule has 4 unspecified atom stereocenters. The summed E-state index contributed by atoms with van der Waals surface area (Å²) in [6, 6.07) is 0. The van der Waals surface area contributed by atoms with E-state index in [0.717, 1.165) is 38.5 Å². The average molecular weight is 423 g/mol. The molecule has 0 saturated heterocycles. The fourth-order valence-corrected chi connectivity index (χ4v) is 5.16. The zero-order valence-electron chi connectivity index (χ0n) is 17.7. The highest BCUT2D eigenvalue weighted by molar-refractivity contribution is 7.88. The minimum Gasteiger partial charge on any atom is -0.481 e. The molecule has 0 aliphatic rings. The smallest absolute Gasteiger partial charge is 0.328 e. The van der Waals surface area contributed by atoms with Crippen molar-refractivity contribution in [3.05, 3.63) is 0 Å². The molecule has 3 N–H and O–H groups in total. The molecule has 0 aromatic heterocycles. The summed E-state index contributed by atoms with van der Waals surface area (Å²) in [5.41, 5.74) is 0. The van der Waals surface area contributed by atoms with E-state index >= 15 is 0 Å². The number of carboxylic acid groups (broad SMARTS) is 2. The van der Waals surface area contributed by atoms with Crippen LogP contribution in [0.5, 0.6) is 0 Å². The number of carboxylic acids is 2. The van der Waals surface area contributed by atoms with Gasteiger partial charge in [0, 0.05) is 0 Å². The van der Waals surface area contributed by atoms with Crippen LogP contribution in [0.25, 0.3) is 0 Å². The van der Waals surface area contributed by atoms with Crippen molar-refractivity contribution in [1.82, 2.24) is 0 Å². The van der Waals surface area contributed by atoms with E-state index in [-0.39, 0.29) is 18.3 Å². The number of aliphatic carboxylic acids is 2. The first-order valence-electron chi connectivity index (χ1n) is 10.4. The maximum absolute atomic E-state index is 12.3. The van der Waals surface area contributed by atoms with Crippen LogP contribution < -0.4 is 0 Å². The highest BCUT2D eigenvalue weighted by Gasteiger charge is 2.59. The molecule has 166 valence electrons. The lowest BCUT2D eigenvalue weighted by atomic mass is 9.77. The zero-order chi connectivity index (χ0) is 22.0. The molecule has 4 atom stereocenters. The van der Waals surface area contributed by atoms with Gasteiger partial charge in [-0.3, -0.25) is 14.1 Å². The number of hydrogen-bond acceptors (Lipinski definition) is 4. The van der Waals surface area contributed by atoms with Crippen molar-refractivity contribution in [2.45, 2.75) is 96.7 Å². The second-order valence-electron chi connectivity index (χ2n) is 8.20. The Morgan fingerprint density at radius 3 is 1.71 bits per heavy atom. The third-order valence-electron chi connectivity index (χ3n) is 5.57. The third-order valence-corrected chi connectivity index (χ3v) is 7.12. The molecular formula is C20H38O7S. The largest absolute Gasteiger partial charge is 0.481 e. The molecule has 7 nitrogen and oxygen atoms in total. The van der Waals surface area contributed by atoms with Crippen LogP contribution >= 0.6 is 0 Å². The minimum absolute atomic E-state index is 0.104. The predicted octanol–water partition coefficient (Wildman–Crippen LogP) is 4.61. The number of rotatable bonds is 16. The van der Waals surface area contributed by atoms with Crippen molar-refractivity contribution in [2.75, 3.05) is 0 Å². The van der Waals surface area contributed by atoms with Crippen molar-refractivity contribution >= 4 is 22.1 Å². The normalized spacial score (nSPS) is 17.5. The van der Waals surface area contributed by atoms with Gasteiger partial charge in [-0.15, -0.1) is 0 Å². The first kappa shape index (κ1) is 26.9. The van der Waals surface area contributed by atoms with Gasteiger partial charge in [-0.2, -0.15) is 8.42 Å². The van der Waals surface area contributed by atoms with Crippen LogP contribution in [0.4, 0.5) is 0 Å². The molecular weight excluding hydrogens is 384 g/mol. The van der Waals surface area contributed by atoms with Crippen molar-refractivity contribution < 1.29 is 32.8 Å². The molecule has 0 spiro atoms. The number of hydrogen-bond donors (Lipinski definition) is 3. The van der Waals surface area contributed by atoms with Crippen LogP contribution in [-0.2, 0) is 19.7 Å². The molecule has 0 aliphatic heterocycles. The standard InChI is InChI=1S/C20H38O7S/c1-5-7-9-11-15(3)13-17(18(21)22)20(19(23)24,28(25,26)27)14-16(4)12-10-8-6-2/h15-17H,5-14H2,1-4H3,(H,21,22)(H,23,24)(H,25,26,27). The molecule has 0 aromatic rings. The van der Waals surface area contributed by atoms with Gasteiger partial charge in [-0.05, 0) is 24.7 Å². The lowest BCUT2D eigenvalue weighted by Crippen LogP contribution is -2.56. The summed E-state index contributed by atoms with van der Waals surface area (Å²) >= 11 is 0. The zero-order valence-corrected chi connectivity index (χ0v) is 18.5.